The highest BCUT2D eigenvalue weighted by molar-refractivity contribution is 4.80. The van der Waals surface area contributed by atoms with Crippen molar-refractivity contribution in [1.29, 1.82) is 0 Å². The number of piperidine rings is 1. The fraction of sp³-hybridized carbons (Fsp3) is 1.00. The van der Waals surface area contributed by atoms with Crippen molar-refractivity contribution < 1.29 is 0 Å². The zero-order valence-corrected chi connectivity index (χ0v) is 11.6. The number of hydrogen-bond donors (Lipinski definition) is 1. The molecule has 0 radical (unpaired) electrons. The Morgan fingerprint density at radius 2 is 1.65 bits per heavy atom. The Balaban J connectivity index is 1.35. The zero-order valence-electron chi connectivity index (χ0n) is 11.6. The molecule has 1 heterocycles. The number of nitrogens with zero attached hydrogens (tertiary/aromatic N) is 1. The van der Waals surface area contributed by atoms with E-state index in [1.807, 2.05) is 0 Å². The molecule has 0 aromatic heterocycles. The lowest BCUT2D eigenvalue weighted by Gasteiger charge is -2.30. The number of hydrogen-bond acceptors (Lipinski definition) is 2. The number of unbranched alkanes of at least 4 members (excludes halogenated alkanes) is 3. The summed E-state index contributed by atoms with van der Waals surface area (Å²) in [5.74, 6) is 0.972. The zero-order chi connectivity index (χ0) is 11.9. The van der Waals surface area contributed by atoms with Gasteiger partial charge in [-0.1, -0.05) is 19.8 Å². The molecule has 17 heavy (non-hydrogen) atoms. The van der Waals surface area contributed by atoms with Crippen molar-refractivity contribution >= 4 is 0 Å². The van der Waals surface area contributed by atoms with Gasteiger partial charge in [-0.15, -0.1) is 0 Å². The molecule has 0 aromatic carbocycles. The second-order valence-corrected chi connectivity index (χ2v) is 6.17. The molecule has 100 valence electrons. The van der Waals surface area contributed by atoms with Gasteiger partial charge in [0, 0.05) is 6.04 Å². The van der Waals surface area contributed by atoms with Crippen molar-refractivity contribution in [1.82, 2.24) is 10.2 Å². The van der Waals surface area contributed by atoms with E-state index >= 15 is 0 Å². The van der Waals surface area contributed by atoms with Crippen LogP contribution in [0.2, 0.25) is 0 Å². The minimum atomic E-state index is 0.894. The van der Waals surface area contributed by atoms with Crippen molar-refractivity contribution in [3.63, 3.8) is 0 Å². The molecule has 2 heteroatoms. The average Bonchev–Trinajstić information content (AvgIpc) is 3.14. The number of likely N-dealkylation sites (tertiary alicyclic amines) is 1. The molecule has 1 aliphatic heterocycles. The van der Waals surface area contributed by atoms with Crippen LogP contribution in [-0.4, -0.2) is 37.1 Å². The van der Waals surface area contributed by atoms with E-state index in [4.69, 9.17) is 0 Å². The molecule has 0 bridgehead atoms. The molecule has 1 aliphatic carbocycles. The van der Waals surface area contributed by atoms with Gasteiger partial charge in [0.25, 0.3) is 0 Å². The molecule has 2 nitrogen and oxygen atoms in total. The Bertz CT molecular complexity index is 193. The molecule has 2 fully saturated rings. The average molecular weight is 238 g/mol. The second-order valence-electron chi connectivity index (χ2n) is 6.17. The summed E-state index contributed by atoms with van der Waals surface area (Å²) in [4.78, 5) is 2.67. The standard InChI is InChI=1S/C15H30N2/c1-14-8-12-17(13-9-14)11-5-3-2-4-10-16-15-6-7-15/h14-16H,2-13H2,1H3. The third-order valence-corrected chi connectivity index (χ3v) is 4.29. The minimum absolute atomic E-state index is 0.894. The van der Waals surface area contributed by atoms with Crippen LogP contribution in [0.25, 0.3) is 0 Å². The molecule has 0 unspecified atom stereocenters. The molecule has 0 atom stereocenters. The predicted octanol–water partition coefficient (Wildman–Crippen LogP) is 3.03. The minimum Gasteiger partial charge on any atom is -0.314 e. The Hall–Kier alpha value is -0.0800. The Morgan fingerprint density at radius 1 is 0.941 bits per heavy atom. The van der Waals surface area contributed by atoms with E-state index in [1.54, 1.807) is 0 Å². The highest BCUT2D eigenvalue weighted by Crippen LogP contribution is 2.18. The van der Waals surface area contributed by atoms with Crippen molar-refractivity contribution in [3.05, 3.63) is 0 Å². The van der Waals surface area contributed by atoms with Crippen LogP contribution in [-0.2, 0) is 0 Å². The van der Waals surface area contributed by atoms with Gasteiger partial charge in [-0.3, -0.25) is 0 Å². The Kier molecular flexibility index (Phi) is 5.79. The molecule has 2 aliphatic rings. The molecule has 0 aromatic rings. The van der Waals surface area contributed by atoms with E-state index in [0.29, 0.717) is 0 Å². The highest BCUT2D eigenvalue weighted by atomic mass is 15.1. The van der Waals surface area contributed by atoms with Gasteiger partial charge in [-0.05, 0) is 70.6 Å². The summed E-state index contributed by atoms with van der Waals surface area (Å²) in [6, 6.07) is 0.894. The summed E-state index contributed by atoms with van der Waals surface area (Å²) in [5, 5.41) is 3.59. The van der Waals surface area contributed by atoms with Gasteiger partial charge in [0.15, 0.2) is 0 Å². The van der Waals surface area contributed by atoms with Crippen LogP contribution in [0.3, 0.4) is 0 Å². The first-order valence-corrected chi connectivity index (χ1v) is 7.80. The lowest BCUT2D eigenvalue weighted by molar-refractivity contribution is 0.189. The van der Waals surface area contributed by atoms with Crippen LogP contribution in [0, 0.1) is 5.92 Å². The first-order valence-electron chi connectivity index (χ1n) is 7.80. The number of rotatable bonds is 8. The summed E-state index contributed by atoms with van der Waals surface area (Å²) >= 11 is 0. The van der Waals surface area contributed by atoms with E-state index in [9.17, 15) is 0 Å². The lowest BCUT2D eigenvalue weighted by Crippen LogP contribution is -2.33. The topological polar surface area (TPSA) is 15.3 Å². The maximum absolute atomic E-state index is 3.59. The summed E-state index contributed by atoms with van der Waals surface area (Å²) in [7, 11) is 0. The van der Waals surface area contributed by atoms with Gasteiger partial charge in [0.2, 0.25) is 0 Å². The van der Waals surface area contributed by atoms with Crippen LogP contribution in [0.1, 0.15) is 58.3 Å². The van der Waals surface area contributed by atoms with Crippen molar-refractivity contribution in [2.45, 2.75) is 64.3 Å². The van der Waals surface area contributed by atoms with E-state index < -0.39 is 0 Å². The van der Waals surface area contributed by atoms with Gasteiger partial charge in [-0.2, -0.15) is 0 Å². The molecule has 1 saturated heterocycles. The van der Waals surface area contributed by atoms with Crippen LogP contribution in [0.4, 0.5) is 0 Å². The normalized spacial score (nSPS) is 23.1. The quantitative estimate of drug-likeness (QED) is 0.654. The van der Waals surface area contributed by atoms with Gasteiger partial charge in [0.1, 0.15) is 0 Å². The molecule has 0 amide bonds. The van der Waals surface area contributed by atoms with Crippen LogP contribution in [0.15, 0.2) is 0 Å². The summed E-state index contributed by atoms with van der Waals surface area (Å²) in [6.45, 7) is 7.70. The van der Waals surface area contributed by atoms with Crippen LogP contribution in [0.5, 0.6) is 0 Å². The molecular weight excluding hydrogens is 208 g/mol. The monoisotopic (exact) mass is 238 g/mol. The second kappa shape index (κ2) is 7.38. The maximum atomic E-state index is 3.59. The molecular formula is C15H30N2. The summed E-state index contributed by atoms with van der Waals surface area (Å²) in [6.07, 6.45) is 11.3. The Labute approximate surface area is 107 Å². The van der Waals surface area contributed by atoms with Crippen LogP contribution >= 0.6 is 0 Å². The maximum Gasteiger partial charge on any atom is 0.00682 e. The lowest BCUT2D eigenvalue weighted by atomic mass is 9.99. The fourth-order valence-electron chi connectivity index (χ4n) is 2.69. The molecule has 1 saturated carbocycles. The predicted molar refractivity (Wildman–Crippen MR) is 74.3 cm³/mol. The molecule has 2 rings (SSSR count). The summed E-state index contributed by atoms with van der Waals surface area (Å²) in [5.41, 5.74) is 0. The highest BCUT2D eigenvalue weighted by Gasteiger charge is 2.19. The number of nitrogens with one attached hydrogen (secondary N) is 1. The largest absolute Gasteiger partial charge is 0.314 e. The smallest absolute Gasteiger partial charge is 0.00682 e. The van der Waals surface area contributed by atoms with E-state index in [2.05, 4.69) is 17.1 Å². The van der Waals surface area contributed by atoms with E-state index in [-0.39, 0.29) is 0 Å². The third-order valence-electron chi connectivity index (χ3n) is 4.29. The third kappa shape index (κ3) is 5.87. The SMILES string of the molecule is CC1CCN(CCCCCCNC2CC2)CC1. The van der Waals surface area contributed by atoms with Gasteiger partial charge in [0.05, 0.1) is 0 Å². The van der Waals surface area contributed by atoms with E-state index in [1.165, 1.54) is 77.5 Å². The van der Waals surface area contributed by atoms with Gasteiger partial charge in [-0.25, -0.2) is 0 Å². The van der Waals surface area contributed by atoms with Gasteiger partial charge < -0.3 is 10.2 Å². The van der Waals surface area contributed by atoms with Crippen molar-refractivity contribution in [2.75, 3.05) is 26.2 Å². The molecule has 1 N–H and O–H groups in total. The van der Waals surface area contributed by atoms with Gasteiger partial charge >= 0.3 is 0 Å². The first kappa shape index (κ1) is 13.4. The van der Waals surface area contributed by atoms with E-state index in [0.717, 1.165) is 12.0 Å². The Morgan fingerprint density at radius 3 is 2.35 bits per heavy atom. The fourth-order valence-corrected chi connectivity index (χ4v) is 2.69. The van der Waals surface area contributed by atoms with Crippen molar-refractivity contribution in [2.24, 2.45) is 5.92 Å². The molecule has 0 spiro atoms. The summed E-state index contributed by atoms with van der Waals surface area (Å²) < 4.78 is 0. The van der Waals surface area contributed by atoms with Crippen LogP contribution < -0.4 is 5.32 Å². The van der Waals surface area contributed by atoms with Crippen molar-refractivity contribution in [3.8, 4) is 0 Å². The first-order chi connectivity index (χ1) is 8.34.